The standard InChI is InChI=1S/C55H38N8O2.2Pt/c1-33(2)43-25-37(29-49-53(43)41-13-5-7-15-45(41)61(49)51-17-9-11-23-57-51)64-35-19-21-39-40-22-20-36(28-48(40)63(47(39)27-35)55-59-31-56-32-60-55)65-38-26-44(34(3)4)54-42-14-6-8-16-46(42)62(50(54)30-38)52-18-10-12-24-58-52;;/h5-26,31-34H,1-4H3;;/q-4;2*+2. The summed E-state index contributed by atoms with van der Waals surface area (Å²) >= 11 is 0. The molecule has 12 aromatic rings. The largest absolute Gasteiger partial charge is 2.00 e. The molecule has 6 aromatic heterocycles. The van der Waals surface area contributed by atoms with Crippen LogP contribution < -0.4 is 9.47 Å². The third-order valence-corrected chi connectivity index (χ3v) is 12.0. The molecule has 0 bridgehead atoms. The van der Waals surface area contributed by atoms with Crippen LogP contribution in [0.4, 0.5) is 0 Å². The molecule has 6 heterocycles. The van der Waals surface area contributed by atoms with Gasteiger partial charge in [-0.3, -0.25) is 0 Å². The number of para-hydroxylation sites is 2. The van der Waals surface area contributed by atoms with Crippen LogP contribution in [0, 0.1) is 24.3 Å². The molecule has 0 amide bonds. The zero-order chi connectivity index (χ0) is 43.8. The number of pyridine rings is 2. The van der Waals surface area contributed by atoms with Crippen molar-refractivity contribution in [2.45, 2.75) is 39.5 Å². The van der Waals surface area contributed by atoms with Gasteiger partial charge in [0, 0.05) is 46.4 Å². The van der Waals surface area contributed by atoms with Gasteiger partial charge in [0.2, 0.25) is 5.95 Å². The van der Waals surface area contributed by atoms with Crippen molar-refractivity contribution >= 4 is 65.4 Å². The number of hydrogen-bond donors (Lipinski definition) is 0. The summed E-state index contributed by atoms with van der Waals surface area (Å²) in [5.41, 5.74) is 7.61. The van der Waals surface area contributed by atoms with Gasteiger partial charge < -0.3 is 23.2 Å². The van der Waals surface area contributed by atoms with Gasteiger partial charge >= 0.3 is 42.1 Å². The van der Waals surface area contributed by atoms with Gasteiger partial charge in [-0.15, -0.1) is 59.7 Å². The predicted octanol–water partition coefficient (Wildman–Crippen LogP) is 13.0. The van der Waals surface area contributed by atoms with Crippen molar-refractivity contribution in [2.75, 3.05) is 0 Å². The van der Waals surface area contributed by atoms with E-state index in [0.29, 0.717) is 40.0 Å². The minimum absolute atomic E-state index is 0. The molecule has 0 saturated carbocycles. The first-order valence-electron chi connectivity index (χ1n) is 21.6. The van der Waals surface area contributed by atoms with Gasteiger partial charge in [-0.1, -0.05) is 109 Å². The number of nitrogens with zero attached hydrogens (tertiary/aromatic N) is 8. The van der Waals surface area contributed by atoms with Gasteiger partial charge in [-0.25, -0.2) is 24.9 Å². The van der Waals surface area contributed by atoms with Gasteiger partial charge in [-0.2, -0.15) is 22.9 Å². The molecular weight excluding hydrogens is 1190 g/mol. The van der Waals surface area contributed by atoms with Crippen LogP contribution in [-0.4, -0.2) is 38.6 Å². The SMILES string of the molecule is CC(C)c1cc(Oc2[c-]c3c(cc2)c2ccc(Oc4[c-]c5c(c(C(C)C)c4)c4ccccc4n5-c4ccccn4)[c-]c2n3-c2ncncn2)[c-]c2c1c1ccccc1n2-c1ccccn1.[Pt+2].[Pt+2]. The van der Waals surface area contributed by atoms with Gasteiger partial charge in [-0.05, 0) is 59.0 Å². The van der Waals surface area contributed by atoms with Crippen molar-refractivity contribution in [3.05, 3.63) is 182 Å². The Kier molecular flexibility index (Phi) is 11.6. The van der Waals surface area contributed by atoms with Crippen LogP contribution in [0.5, 0.6) is 23.0 Å². The van der Waals surface area contributed by atoms with Gasteiger partial charge in [0.25, 0.3) is 0 Å². The van der Waals surface area contributed by atoms with E-state index in [0.717, 1.165) is 77.1 Å². The first-order chi connectivity index (χ1) is 31.9. The number of benzene rings is 6. The van der Waals surface area contributed by atoms with Crippen molar-refractivity contribution < 1.29 is 51.6 Å². The summed E-state index contributed by atoms with van der Waals surface area (Å²) in [5, 5.41) is 6.38. The Morgan fingerprint density at radius 2 is 0.866 bits per heavy atom. The molecule has 0 aliphatic heterocycles. The summed E-state index contributed by atoms with van der Waals surface area (Å²) in [7, 11) is 0. The molecule has 0 spiro atoms. The van der Waals surface area contributed by atoms with Crippen LogP contribution in [0.1, 0.15) is 50.7 Å². The molecule has 0 fully saturated rings. The molecular formula is C55H38N8O2Pt2. The van der Waals surface area contributed by atoms with Crippen LogP contribution in [0.25, 0.3) is 83.0 Å². The quantitative estimate of drug-likeness (QED) is 0.133. The van der Waals surface area contributed by atoms with E-state index in [9.17, 15) is 0 Å². The molecule has 0 aliphatic carbocycles. The Morgan fingerprint density at radius 3 is 1.30 bits per heavy atom. The van der Waals surface area contributed by atoms with Gasteiger partial charge in [0.05, 0.1) is 0 Å². The summed E-state index contributed by atoms with van der Waals surface area (Å²) < 4.78 is 19.7. The van der Waals surface area contributed by atoms with E-state index >= 15 is 0 Å². The molecule has 67 heavy (non-hydrogen) atoms. The van der Waals surface area contributed by atoms with Crippen molar-refractivity contribution in [1.82, 2.24) is 38.6 Å². The van der Waals surface area contributed by atoms with E-state index in [4.69, 9.17) is 19.4 Å². The number of rotatable bonds is 9. The molecule has 0 saturated heterocycles. The maximum Gasteiger partial charge on any atom is 2.00 e. The Labute approximate surface area is 414 Å². The van der Waals surface area contributed by atoms with Crippen molar-refractivity contribution in [3.8, 4) is 40.6 Å². The summed E-state index contributed by atoms with van der Waals surface area (Å²) in [6.07, 6.45) is 6.59. The maximum atomic E-state index is 6.73. The Morgan fingerprint density at radius 1 is 0.433 bits per heavy atom. The van der Waals surface area contributed by atoms with Crippen molar-refractivity contribution in [2.24, 2.45) is 0 Å². The topological polar surface area (TPSA) is 97.7 Å². The average molecular weight is 1230 g/mol. The monoisotopic (exact) mass is 1230 g/mol. The molecule has 0 aliphatic rings. The Bertz CT molecular complexity index is 3560. The van der Waals surface area contributed by atoms with E-state index < -0.39 is 0 Å². The van der Waals surface area contributed by atoms with Gasteiger partial charge in [0.15, 0.2) is 0 Å². The smallest absolute Gasteiger partial charge is 0.509 e. The third-order valence-electron chi connectivity index (χ3n) is 12.0. The van der Waals surface area contributed by atoms with E-state index in [2.05, 4.69) is 137 Å². The van der Waals surface area contributed by atoms with Crippen molar-refractivity contribution in [1.29, 1.82) is 0 Å². The number of hydrogen-bond acceptors (Lipinski definition) is 7. The molecule has 6 aromatic carbocycles. The normalized spacial score (nSPS) is 11.6. The molecule has 0 radical (unpaired) electrons. The van der Waals surface area contributed by atoms with Crippen LogP contribution in [-0.2, 0) is 42.1 Å². The Hall–Kier alpha value is -6.99. The second kappa shape index (κ2) is 17.7. The van der Waals surface area contributed by atoms with Crippen LogP contribution in [0.3, 0.4) is 0 Å². The summed E-state index contributed by atoms with van der Waals surface area (Å²) in [6, 6.07) is 55.2. The Balaban J connectivity index is 0.00000263. The number of ether oxygens (including phenoxy) is 2. The summed E-state index contributed by atoms with van der Waals surface area (Å²) in [6.45, 7) is 8.80. The first-order valence-corrected chi connectivity index (χ1v) is 21.6. The predicted molar refractivity (Wildman–Crippen MR) is 255 cm³/mol. The fourth-order valence-corrected chi connectivity index (χ4v) is 9.23. The van der Waals surface area contributed by atoms with Crippen LogP contribution in [0.15, 0.2) is 146 Å². The zero-order valence-corrected chi connectivity index (χ0v) is 41.1. The minimum Gasteiger partial charge on any atom is -0.509 e. The van der Waals surface area contributed by atoms with Crippen molar-refractivity contribution in [3.63, 3.8) is 0 Å². The average Bonchev–Trinajstić information content (AvgIpc) is 3.96. The number of aromatic nitrogens is 8. The molecule has 12 heteroatoms. The van der Waals surface area contributed by atoms with Crippen LogP contribution >= 0.6 is 0 Å². The molecule has 12 rings (SSSR count). The fraction of sp³-hybridized carbons (Fsp3) is 0.109. The second-order valence-electron chi connectivity index (χ2n) is 16.7. The molecule has 10 nitrogen and oxygen atoms in total. The fourth-order valence-electron chi connectivity index (χ4n) is 9.23. The minimum atomic E-state index is 0. The second-order valence-corrected chi connectivity index (χ2v) is 16.7. The molecule has 0 unspecified atom stereocenters. The van der Waals surface area contributed by atoms with E-state index in [-0.39, 0.29) is 54.0 Å². The molecule has 0 N–H and O–H groups in total. The third kappa shape index (κ3) is 7.40. The van der Waals surface area contributed by atoms with E-state index in [1.54, 1.807) is 0 Å². The molecule has 330 valence electrons. The summed E-state index contributed by atoms with van der Waals surface area (Å²) in [4.78, 5) is 22.8. The van der Waals surface area contributed by atoms with E-state index in [1.807, 2.05) is 77.6 Å². The van der Waals surface area contributed by atoms with Crippen LogP contribution in [0.2, 0.25) is 0 Å². The van der Waals surface area contributed by atoms with Gasteiger partial charge in [0.1, 0.15) is 24.3 Å². The van der Waals surface area contributed by atoms with E-state index in [1.165, 1.54) is 12.7 Å². The summed E-state index contributed by atoms with van der Waals surface area (Å²) in [5.74, 6) is 4.57. The maximum absolute atomic E-state index is 6.73. The molecule has 0 atom stereocenters. The number of fused-ring (bicyclic) bond motifs is 9. The first kappa shape index (κ1) is 43.9. The zero-order valence-electron chi connectivity index (χ0n) is 36.5.